The minimum absolute atomic E-state index is 0.0142. The van der Waals surface area contributed by atoms with Crippen LogP contribution in [0.15, 0.2) is 24.3 Å². The van der Waals surface area contributed by atoms with E-state index in [1.165, 1.54) is 5.56 Å². The molecule has 1 unspecified atom stereocenters. The lowest BCUT2D eigenvalue weighted by molar-refractivity contribution is -0.134. The molecule has 0 aliphatic carbocycles. The number of hydrogen-bond donors (Lipinski definition) is 0. The van der Waals surface area contributed by atoms with Crippen LogP contribution in [0.5, 0.6) is 0 Å². The lowest BCUT2D eigenvalue weighted by Gasteiger charge is -2.23. The Morgan fingerprint density at radius 1 is 0.958 bits per heavy atom. The van der Waals surface area contributed by atoms with Gasteiger partial charge in [0.1, 0.15) is 0 Å². The van der Waals surface area contributed by atoms with Crippen molar-refractivity contribution in [3.63, 3.8) is 0 Å². The summed E-state index contributed by atoms with van der Waals surface area (Å²) in [5, 5.41) is 0. The summed E-state index contributed by atoms with van der Waals surface area (Å²) in [4.78, 5) is 28.7. The molecule has 24 heavy (non-hydrogen) atoms. The van der Waals surface area contributed by atoms with Gasteiger partial charge in [0.2, 0.25) is 5.91 Å². The molecule has 1 fully saturated rings. The van der Waals surface area contributed by atoms with Crippen molar-refractivity contribution in [2.75, 3.05) is 26.2 Å². The molecule has 2 rings (SSSR count). The average molecular weight is 330 g/mol. The fourth-order valence-corrected chi connectivity index (χ4v) is 3.08. The monoisotopic (exact) mass is 330 g/mol. The normalized spacial score (nSPS) is 16.9. The van der Waals surface area contributed by atoms with E-state index >= 15 is 0 Å². The van der Waals surface area contributed by atoms with Crippen LogP contribution >= 0.6 is 0 Å². The summed E-state index contributed by atoms with van der Waals surface area (Å²) in [6, 6.07) is 8.00. The highest BCUT2D eigenvalue weighted by atomic mass is 16.2. The molecule has 0 radical (unpaired) electrons. The molecule has 1 aliphatic heterocycles. The van der Waals surface area contributed by atoms with Gasteiger partial charge < -0.3 is 9.80 Å². The zero-order valence-electron chi connectivity index (χ0n) is 15.4. The molecule has 0 bridgehead atoms. The van der Waals surface area contributed by atoms with Crippen molar-refractivity contribution in [3.8, 4) is 0 Å². The van der Waals surface area contributed by atoms with Gasteiger partial charge in [0, 0.05) is 37.7 Å². The topological polar surface area (TPSA) is 40.6 Å². The van der Waals surface area contributed by atoms with Crippen molar-refractivity contribution in [1.82, 2.24) is 9.80 Å². The van der Waals surface area contributed by atoms with E-state index in [9.17, 15) is 9.59 Å². The van der Waals surface area contributed by atoms with E-state index in [2.05, 4.69) is 26.0 Å². The minimum Gasteiger partial charge on any atom is -0.341 e. The number of carbonyl (C=O) groups is 2. The molecule has 1 aromatic rings. The van der Waals surface area contributed by atoms with E-state index in [0.29, 0.717) is 25.6 Å². The van der Waals surface area contributed by atoms with Crippen LogP contribution in [0.3, 0.4) is 0 Å². The predicted molar refractivity (Wildman–Crippen MR) is 97.1 cm³/mol. The number of rotatable bonds is 4. The Labute approximate surface area is 145 Å². The van der Waals surface area contributed by atoms with Crippen LogP contribution < -0.4 is 0 Å². The van der Waals surface area contributed by atoms with Crippen LogP contribution in [0, 0.1) is 5.92 Å². The zero-order chi connectivity index (χ0) is 17.7. The summed E-state index contributed by atoms with van der Waals surface area (Å²) < 4.78 is 0. The molecule has 132 valence electrons. The van der Waals surface area contributed by atoms with Crippen molar-refractivity contribution < 1.29 is 9.59 Å². The van der Waals surface area contributed by atoms with Crippen molar-refractivity contribution in [3.05, 3.63) is 35.4 Å². The number of amides is 2. The molecular weight excluding hydrogens is 300 g/mol. The van der Waals surface area contributed by atoms with Crippen molar-refractivity contribution in [2.24, 2.45) is 5.92 Å². The third-order valence-electron chi connectivity index (χ3n) is 4.93. The van der Waals surface area contributed by atoms with E-state index in [-0.39, 0.29) is 17.7 Å². The van der Waals surface area contributed by atoms with Gasteiger partial charge in [-0.15, -0.1) is 0 Å². The van der Waals surface area contributed by atoms with Crippen LogP contribution in [0.1, 0.15) is 62.4 Å². The van der Waals surface area contributed by atoms with Gasteiger partial charge in [0.15, 0.2) is 0 Å². The van der Waals surface area contributed by atoms with Crippen LogP contribution in [0.2, 0.25) is 0 Å². The molecule has 2 amide bonds. The predicted octanol–water partition coefficient (Wildman–Crippen LogP) is 3.53. The molecule has 1 aliphatic rings. The van der Waals surface area contributed by atoms with Gasteiger partial charge in [-0.05, 0) is 36.5 Å². The van der Waals surface area contributed by atoms with Crippen LogP contribution in [0.25, 0.3) is 0 Å². The number of benzene rings is 1. The van der Waals surface area contributed by atoms with Crippen LogP contribution in [-0.2, 0) is 4.79 Å². The van der Waals surface area contributed by atoms with Gasteiger partial charge in [-0.25, -0.2) is 0 Å². The van der Waals surface area contributed by atoms with Crippen LogP contribution in [-0.4, -0.2) is 47.8 Å². The first kappa shape index (κ1) is 18.5. The summed E-state index contributed by atoms with van der Waals surface area (Å²) in [6.07, 6.45) is 1.94. The second-order valence-corrected chi connectivity index (χ2v) is 7.06. The smallest absolute Gasteiger partial charge is 0.253 e. The lowest BCUT2D eigenvalue weighted by Crippen LogP contribution is -2.38. The largest absolute Gasteiger partial charge is 0.341 e. The van der Waals surface area contributed by atoms with Gasteiger partial charge >= 0.3 is 0 Å². The lowest BCUT2D eigenvalue weighted by atomic mass is 9.97. The summed E-state index contributed by atoms with van der Waals surface area (Å²) in [7, 11) is 0. The van der Waals surface area contributed by atoms with Gasteiger partial charge in [-0.2, -0.15) is 0 Å². The summed E-state index contributed by atoms with van der Waals surface area (Å²) in [5.74, 6) is 0.787. The van der Waals surface area contributed by atoms with E-state index in [4.69, 9.17) is 0 Å². The van der Waals surface area contributed by atoms with E-state index in [1.807, 2.05) is 35.8 Å². The molecule has 1 aromatic carbocycles. The Hall–Kier alpha value is -1.84. The Bertz CT molecular complexity index is 566. The highest BCUT2D eigenvalue weighted by Crippen LogP contribution is 2.19. The SMILES string of the molecule is CCC(C)c1ccc(C(=O)N2CCCN(C(=O)C(C)C)CC2)cc1. The second kappa shape index (κ2) is 8.32. The highest BCUT2D eigenvalue weighted by Gasteiger charge is 2.24. The summed E-state index contributed by atoms with van der Waals surface area (Å²) in [5.41, 5.74) is 2.02. The third kappa shape index (κ3) is 4.37. The maximum absolute atomic E-state index is 12.7. The number of carbonyl (C=O) groups excluding carboxylic acids is 2. The Balaban J connectivity index is 2.01. The molecule has 4 heteroatoms. The van der Waals surface area contributed by atoms with Gasteiger partial charge in [0.05, 0.1) is 0 Å². The molecule has 0 saturated carbocycles. The quantitative estimate of drug-likeness (QED) is 0.847. The van der Waals surface area contributed by atoms with E-state index < -0.39 is 0 Å². The second-order valence-electron chi connectivity index (χ2n) is 7.06. The Morgan fingerprint density at radius 3 is 2.12 bits per heavy atom. The maximum Gasteiger partial charge on any atom is 0.253 e. The standard InChI is InChI=1S/C20H30N2O2/c1-5-16(4)17-7-9-18(10-8-17)20(24)22-12-6-11-21(13-14-22)19(23)15(2)3/h7-10,15-16H,5-6,11-14H2,1-4H3. The molecule has 0 spiro atoms. The molecule has 0 N–H and O–H groups in total. The first-order valence-electron chi connectivity index (χ1n) is 9.12. The van der Waals surface area contributed by atoms with Crippen molar-refractivity contribution in [1.29, 1.82) is 0 Å². The molecule has 4 nitrogen and oxygen atoms in total. The fraction of sp³-hybridized carbons (Fsp3) is 0.600. The maximum atomic E-state index is 12.7. The van der Waals surface area contributed by atoms with Gasteiger partial charge in [0.25, 0.3) is 5.91 Å². The van der Waals surface area contributed by atoms with E-state index in [1.54, 1.807) is 0 Å². The van der Waals surface area contributed by atoms with Gasteiger partial charge in [-0.3, -0.25) is 9.59 Å². The Morgan fingerprint density at radius 2 is 1.54 bits per heavy atom. The highest BCUT2D eigenvalue weighted by molar-refractivity contribution is 5.94. The third-order valence-corrected chi connectivity index (χ3v) is 4.93. The molecular formula is C20H30N2O2. The first-order chi connectivity index (χ1) is 11.4. The van der Waals surface area contributed by atoms with Crippen molar-refractivity contribution >= 4 is 11.8 Å². The first-order valence-corrected chi connectivity index (χ1v) is 9.12. The molecule has 0 aromatic heterocycles. The van der Waals surface area contributed by atoms with Crippen LogP contribution in [0.4, 0.5) is 0 Å². The molecule has 1 heterocycles. The Kier molecular flexibility index (Phi) is 6.41. The fourth-order valence-electron chi connectivity index (χ4n) is 3.08. The van der Waals surface area contributed by atoms with Gasteiger partial charge in [-0.1, -0.05) is 39.8 Å². The van der Waals surface area contributed by atoms with Crippen molar-refractivity contribution in [2.45, 2.75) is 46.5 Å². The minimum atomic E-state index is 0.0142. The molecule has 1 atom stereocenters. The van der Waals surface area contributed by atoms with E-state index in [0.717, 1.165) is 24.9 Å². The number of nitrogens with zero attached hydrogens (tertiary/aromatic N) is 2. The average Bonchev–Trinajstić information content (AvgIpc) is 2.85. The molecule has 1 saturated heterocycles. The number of hydrogen-bond acceptors (Lipinski definition) is 2. The summed E-state index contributed by atoms with van der Waals surface area (Å²) >= 11 is 0. The summed E-state index contributed by atoms with van der Waals surface area (Å²) in [6.45, 7) is 10.9. The zero-order valence-corrected chi connectivity index (χ0v) is 15.4.